The van der Waals surface area contributed by atoms with Gasteiger partial charge in [0.15, 0.2) is 17.1 Å². The third-order valence-corrected chi connectivity index (χ3v) is 4.09. The Morgan fingerprint density at radius 2 is 2.09 bits per heavy atom. The summed E-state index contributed by atoms with van der Waals surface area (Å²) in [4.78, 5) is 5.31. The van der Waals surface area contributed by atoms with Gasteiger partial charge < -0.3 is 9.47 Å². The second kappa shape index (κ2) is 5.90. The molecule has 0 radical (unpaired) electrons. The van der Waals surface area contributed by atoms with Crippen molar-refractivity contribution in [2.45, 2.75) is 44.3 Å². The summed E-state index contributed by atoms with van der Waals surface area (Å²) in [6.07, 6.45) is 6.64. The van der Waals surface area contributed by atoms with Gasteiger partial charge >= 0.3 is 0 Å². The predicted octanol–water partition coefficient (Wildman–Crippen LogP) is 3.17. The molecule has 3 rings (SSSR count). The number of hydrogen-bond donors (Lipinski definition) is 1. The molecule has 0 spiro atoms. The fraction of sp³-hybridized carbons (Fsp3) is 0.471. The van der Waals surface area contributed by atoms with Crippen LogP contribution in [0.5, 0.6) is 11.5 Å². The van der Waals surface area contributed by atoms with Crippen molar-refractivity contribution in [3.05, 3.63) is 29.8 Å². The standard InChI is InChI=1S/C17H20N2O3/c1-17(11-18)10-14(19-22-17)12-7-8-15(20-2)16(9-12)21-13-5-3-4-6-13/h7-10,13,19H,3-6H2,1-2H3. The van der Waals surface area contributed by atoms with Crippen molar-refractivity contribution in [3.8, 4) is 17.6 Å². The van der Waals surface area contributed by atoms with E-state index >= 15 is 0 Å². The van der Waals surface area contributed by atoms with Gasteiger partial charge in [-0.25, -0.2) is 0 Å². The molecular formula is C17H20N2O3. The number of nitrogens with one attached hydrogen (secondary N) is 1. The first-order valence-electron chi connectivity index (χ1n) is 7.57. The van der Waals surface area contributed by atoms with Gasteiger partial charge in [-0.3, -0.25) is 10.3 Å². The molecule has 1 heterocycles. The van der Waals surface area contributed by atoms with Gasteiger partial charge in [0.25, 0.3) is 0 Å². The van der Waals surface area contributed by atoms with Crippen LogP contribution in [0.25, 0.3) is 5.70 Å². The summed E-state index contributed by atoms with van der Waals surface area (Å²) in [6, 6.07) is 7.85. The molecule has 1 N–H and O–H groups in total. The van der Waals surface area contributed by atoms with Crippen LogP contribution in [0.4, 0.5) is 0 Å². The Balaban J connectivity index is 1.87. The second-order valence-electron chi connectivity index (χ2n) is 5.87. The number of rotatable bonds is 4. The number of nitrogens with zero attached hydrogens (tertiary/aromatic N) is 1. The molecular weight excluding hydrogens is 280 g/mol. The van der Waals surface area contributed by atoms with Crippen molar-refractivity contribution < 1.29 is 14.3 Å². The summed E-state index contributed by atoms with van der Waals surface area (Å²) >= 11 is 0. The van der Waals surface area contributed by atoms with E-state index in [2.05, 4.69) is 11.5 Å². The number of benzene rings is 1. The molecule has 1 atom stereocenters. The van der Waals surface area contributed by atoms with Crippen LogP contribution in [0.1, 0.15) is 38.2 Å². The fourth-order valence-electron chi connectivity index (χ4n) is 2.81. The fourth-order valence-corrected chi connectivity index (χ4v) is 2.81. The normalized spacial score (nSPS) is 24.5. The van der Waals surface area contributed by atoms with Gasteiger partial charge in [-0.1, -0.05) is 0 Å². The van der Waals surface area contributed by atoms with Crippen molar-refractivity contribution in [1.82, 2.24) is 5.48 Å². The zero-order valence-electron chi connectivity index (χ0n) is 12.9. The van der Waals surface area contributed by atoms with E-state index < -0.39 is 5.60 Å². The molecule has 0 amide bonds. The number of ether oxygens (including phenoxy) is 2. The molecule has 1 aliphatic carbocycles. The Morgan fingerprint density at radius 3 is 2.73 bits per heavy atom. The molecule has 5 heteroatoms. The molecule has 1 fully saturated rings. The van der Waals surface area contributed by atoms with Gasteiger partial charge in [-0.2, -0.15) is 5.26 Å². The molecule has 1 saturated carbocycles. The van der Waals surface area contributed by atoms with Gasteiger partial charge in [-0.05, 0) is 56.9 Å². The molecule has 116 valence electrons. The van der Waals surface area contributed by atoms with Crippen LogP contribution < -0.4 is 15.0 Å². The molecule has 1 aliphatic heterocycles. The number of methoxy groups -OCH3 is 1. The third kappa shape index (κ3) is 2.88. The van der Waals surface area contributed by atoms with Crippen molar-refractivity contribution in [1.29, 1.82) is 5.26 Å². The lowest BCUT2D eigenvalue weighted by Crippen LogP contribution is -2.22. The Labute approximate surface area is 130 Å². The van der Waals surface area contributed by atoms with E-state index in [0.29, 0.717) is 0 Å². The van der Waals surface area contributed by atoms with Crippen LogP contribution >= 0.6 is 0 Å². The minimum Gasteiger partial charge on any atom is -0.493 e. The topological polar surface area (TPSA) is 63.5 Å². The lowest BCUT2D eigenvalue weighted by Gasteiger charge is -2.17. The molecule has 0 bridgehead atoms. The lowest BCUT2D eigenvalue weighted by molar-refractivity contribution is 0.0163. The van der Waals surface area contributed by atoms with Crippen LogP contribution in [0.15, 0.2) is 24.3 Å². The second-order valence-corrected chi connectivity index (χ2v) is 5.87. The quantitative estimate of drug-likeness (QED) is 0.925. The van der Waals surface area contributed by atoms with E-state index in [-0.39, 0.29) is 6.10 Å². The maximum atomic E-state index is 9.11. The summed E-state index contributed by atoms with van der Waals surface area (Å²) in [5.74, 6) is 1.46. The maximum absolute atomic E-state index is 9.11. The van der Waals surface area contributed by atoms with Gasteiger partial charge in [0.05, 0.1) is 18.9 Å². The van der Waals surface area contributed by atoms with E-state index in [0.717, 1.165) is 35.6 Å². The van der Waals surface area contributed by atoms with Gasteiger partial charge in [-0.15, -0.1) is 0 Å². The number of hydroxylamine groups is 1. The first kappa shape index (κ1) is 14.7. The summed E-state index contributed by atoms with van der Waals surface area (Å²) in [6.45, 7) is 1.71. The van der Waals surface area contributed by atoms with Gasteiger partial charge in [0, 0.05) is 5.56 Å². The van der Waals surface area contributed by atoms with E-state index in [1.165, 1.54) is 12.8 Å². The number of nitriles is 1. The molecule has 0 aromatic heterocycles. The highest BCUT2D eigenvalue weighted by molar-refractivity contribution is 5.69. The Bertz CT molecular complexity index is 629. The Hall–Kier alpha value is -2.19. The minimum atomic E-state index is -0.943. The predicted molar refractivity (Wildman–Crippen MR) is 82.1 cm³/mol. The lowest BCUT2D eigenvalue weighted by atomic mass is 10.0. The summed E-state index contributed by atoms with van der Waals surface area (Å²) in [7, 11) is 1.64. The number of hydrogen-bond acceptors (Lipinski definition) is 5. The molecule has 0 saturated heterocycles. The van der Waals surface area contributed by atoms with E-state index in [1.54, 1.807) is 20.1 Å². The van der Waals surface area contributed by atoms with Crippen LogP contribution in [0.2, 0.25) is 0 Å². The first-order valence-corrected chi connectivity index (χ1v) is 7.57. The van der Waals surface area contributed by atoms with Crippen LogP contribution in [-0.2, 0) is 4.84 Å². The molecule has 2 aliphatic rings. The molecule has 1 aromatic carbocycles. The first-order chi connectivity index (χ1) is 10.6. The molecule has 1 unspecified atom stereocenters. The highest BCUT2D eigenvalue weighted by Crippen LogP contribution is 2.35. The summed E-state index contributed by atoms with van der Waals surface area (Å²) in [5.41, 5.74) is 3.55. The molecule has 22 heavy (non-hydrogen) atoms. The van der Waals surface area contributed by atoms with E-state index in [9.17, 15) is 0 Å². The van der Waals surface area contributed by atoms with Crippen molar-refractivity contribution in [2.24, 2.45) is 0 Å². The SMILES string of the molecule is COc1ccc(C2=CC(C)(C#N)ON2)cc1OC1CCCC1. The Morgan fingerprint density at radius 1 is 1.32 bits per heavy atom. The largest absolute Gasteiger partial charge is 0.493 e. The molecule has 1 aromatic rings. The van der Waals surface area contributed by atoms with Crippen LogP contribution in [0, 0.1) is 11.3 Å². The van der Waals surface area contributed by atoms with E-state index in [1.807, 2.05) is 18.2 Å². The molecule has 5 nitrogen and oxygen atoms in total. The monoisotopic (exact) mass is 300 g/mol. The van der Waals surface area contributed by atoms with Crippen molar-refractivity contribution >= 4 is 5.70 Å². The van der Waals surface area contributed by atoms with Gasteiger partial charge in [0.1, 0.15) is 6.07 Å². The van der Waals surface area contributed by atoms with Crippen LogP contribution in [0.3, 0.4) is 0 Å². The van der Waals surface area contributed by atoms with E-state index in [4.69, 9.17) is 19.6 Å². The average molecular weight is 300 g/mol. The highest BCUT2D eigenvalue weighted by Gasteiger charge is 2.30. The smallest absolute Gasteiger partial charge is 0.199 e. The summed E-state index contributed by atoms with van der Waals surface area (Å²) < 4.78 is 11.5. The van der Waals surface area contributed by atoms with Crippen molar-refractivity contribution in [3.63, 3.8) is 0 Å². The highest BCUT2D eigenvalue weighted by atomic mass is 16.7. The zero-order valence-corrected chi connectivity index (χ0v) is 12.9. The van der Waals surface area contributed by atoms with Crippen LogP contribution in [-0.4, -0.2) is 18.8 Å². The summed E-state index contributed by atoms with van der Waals surface area (Å²) in [5, 5.41) is 9.11. The minimum absolute atomic E-state index is 0.260. The average Bonchev–Trinajstić information content (AvgIpc) is 3.18. The Kier molecular flexibility index (Phi) is 3.95. The van der Waals surface area contributed by atoms with Gasteiger partial charge in [0.2, 0.25) is 0 Å². The zero-order chi connectivity index (χ0) is 15.6. The van der Waals surface area contributed by atoms with Crippen molar-refractivity contribution in [2.75, 3.05) is 7.11 Å². The maximum Gasteiger partial charge on any atom is 0.199 e. The third-order valence-electron chi connectivity index (χ3n) is 4.09.